The molecule has 1 aromatic carbocycles. The van der Waals surface area contributed by atoms with Crippen molar-refractivity contribution in [1.82, 2.24) is 5.32 Å². The van der Waals surface area contributed by atoms with E-state index in [-0.39, 0.29) is 17.6 Å². The zero-order valence-corrected chi connectivity index (χ0v) is 32.0. The Morgan fingerprint density at radius 3 is 1.29 bits per heavy atom. The maximum Gasteiger partial charge on any atom is 0.224 e. The molecule has 0 heterocycles. The first-order valence-corrected chi connectivity index (χ1v) is 21.0. The van der Waals surface area contributed by atoms with Crippen molar-refractivity contribution in [2.75, 3.05) is 25.1 Å². The van der Waals surface area contributed by atoms with E-state index in [9.17, 15) is 14.7 Å². The van der Waals surface area contributed by atoms with Crippen LogP contribution < -0.4 is 10.6 Å². The van der Waals surface area contributed by atoms with Crippen molar-refractivity contribution < 1.29 is 19.4 Å². The number of phenols is 1. The Bertz CT molecular complexity index is 860. The third kappa shape index (κ3) is 32.9. The summed E-state index contributed by atoms with van der Waals surface area (Å²) in [6.45, 7) is 4.66. The van der Waals surface area contributed by atoms with Crippen molar-refractivity contribution in [2.24, 2.45) is 0 Å². The molecule has 0 radical (unpaired) electrons. The first kappa shape index (κ1) is 44.9. The standard InChI is InChI=1S/C43H78N2O4/c1-2-3-4-5-6-7-8-9-10-11-12-13-14-15-16-17-19-22-25-28-38-49-39-29-26-23-20-18-21-24-27-31-42(47)44-37-30-32-43(48)45-40-33-35-41(46)36-34-40/h33-36,46H,2-32,37-39H2,1H3,(H,44,47)(H,45,48). The van der Waals surface area contributed by atoms with Crippen LogP contribution in [0.4, 0.5) is 5.69 Å². The second-order valence-corrected chi connectivity index (χ2v) is 14.5. The summed E-state index contributed by atoms with van der Waals surface area (Å²) in [5.41, 5.74) is 0.660. The molecule has 49 heavy (non-hydrogen) atoms. The fraction of sp³-hybridized carbons (Fsp3) is 0.814. The minimum Gasteiger partial charge on any atom is -0.508 e. The molecule has 0 bridgehead atoms. The Hall–Kier alpha value is -2.08. The third-order valence-corrected chi connectivity index (χ3v) is 9.64. The smallest absolute Gasteiger partial charge is 0.224 e. The number of hydrogen-bond acceptors (Lipinski definition) is 4. The number of anilines is 1. The number of aromatic hydroxyl groups is 1. The van der Waals surface area contributed by atoms with Gasteiger partial charge in [-0.25, -0.2) is 0 Å². The predicted molar refractivity (Wildman–Crippen MR) is 209 cm³/mol. The molecule has 0 saturated carbocycles. The number of unbranched alkanes of at least 4 members (excludes halogenated alkanes) is 26. The summed E-state index contributed by atoms with van der Waals surface area (Å²) < 4.78 is 5.86. The van der Waals surface area contributed by atoms with Gasteiger partial charge >= 0.3 is 0 Å². The molecule has 284 valence electrons. The van der Waals surface area contributed by atoms with Crippen LogP contribution >= 0.6 is 0 Å². The van der Waals surface area contributed by atoms with Crippen LogP contribution in [-0.4, -0.2) is 36.7 Å². The van der Waals surface area contributed by atoms with E-state index in [1.807, 2.05) is 0 Å². The summed E-state index contributed by atoms with van der Waals surface area (Å²) in [5, 5.41) is 15.0. The molecule has 0 spiro atoms. The van der Waals surface area contributed by atoms with Gasteiger partial charge in [0, 0.05) is 38.3 Å². The molecule has 6 nitrogen and oxygen atoms in total. The maximum absolute atomic E-state index is 12.0. The van der Waals surface area contributed by atoms with Crippen molar-refractivity contribution in [3.63, 3.8) is 0 Å². The zero-order chi connectivity index (χ0) is 35.3. The molecule has 6 heteroatoms. The SMILES string of the molecule is CCCCCCCCCCCCCCCCCCCCCCOCCCCCCCCCCC(=O)NCCCC(=O)Nc1ccc(O)cc1. The fourth-order valence-corrected chi connectivity index (χ4v) is 6.45. The topological polar surface area (TPSA) is 87.7 Å². The molecular weight excluding hydrogens is 608 g/mol. The molecule has 1 rings (SSSR count). The van der Waals surface area contributed by atoms with Crippen LogP contribution in [0.15, 0.2) is 24.3 Å². The van der Waals surface area contributed by atoms with E-state index < -0.39 is 0 Å². The highest BCUT2D eigenvalue weighted by molar-refractivity contribution is 5.90. The number of hydrogen-bond donors (Lipinski definition) is 3. The minimum atomic E-state index is -0.0892. The number of phenolic OH excluding ortho intramolecular Hbond substituents is 1. The van der Waals surface area contributed by atoms with E-state index in [1.54, 1.807) is 12.1 Å². The van der Waals surface area contributed by atoms with Gasteiger partial charge in [-0.05, 0) is 49.9 Å². The van der Waals surface area contributed by atoms with Crippen molar-refractivity contribution >= 4 is 17.5 Å². The molecular formula is C43H78N2O4. The van der Waals surface area contributed by atoms with Gasteiger partial charge in [-0.2, -0.15) is 0 Å². The van der Waals surface area contributed by atoms with Gasteiger partial charge in [0.15, 0.2) is 0 Å². The lowest BCUT2D eigenvalue weighted by atomic mass is 10.0. The van der Waals surface area contributed by atoms with E-state index in [1.165, 1.54) is 179 Å². The number of benzene rings is 1. The monoisotopic (exact) mass is 687 g/mol. The molecule has 0 unspecified atom stereocenters. The van der Waals surface area contributed by atoms with Crippen LogP contribution in [0.3, 0.4) is 0 Å². The number of amides is 2. The number of rotatable bonds is 37. The first-order valence-electron chi connectivity index (χ1n) is 21.0. The van der Waals surface area contributed by atoms with Crippen LogP contribution in [0.1, 0.15) is 206 Å². The highest BCUT2D eigenvalue weighted by atomic mass is 16.5. The van der Waals surface area contributed by atoms with Gasteiger partial charge < -0.3 is 20.5 Å². The highest BCUT2D eigenvalue weighted by Crippen LogP contribution is 2.16. The largest absolute Gasteiger partial charge is 0.508 e. The van der Waals surface area contributed by atoms with Gasteiger partial charge in [-0.3, -0.25) is 9.59 Å². The summed E-state index contributed by atoms with van der Waals surface area (Å²) in [6.07, 6.45) is 39.4. The normalized spacial score (nSPS) is 11.2. The summed E-state index contributed by atoms with van der Waals surface area (Å²) in [5.74, 6) is 0.158. The lowest BCUT2D eigenvalue weighted by molar-refractivity contribution is -0.121. The molecule has 1 aromatic rings. The van der Waals surface area contributed by atoms with Gasteiger partial charge in [0.2, 0.25) is 11.8 Å². The average molecular weight is 687 g/mol. The molecule has 0 atom stereocenters. The minimum absolute atomic E-state index is 0.0781. The summed E-state index contributed by atoms with van der Waals surface area (Å²) in [4.78, 5) is 24.0. The molecule has 0 saturated heterocycles. The molecule has 0 aliphatic heterocycles. The van der Waals surface area contributed by atoms with Crippen molar-refractivity contribution in [3.8, 4) is 5.75 Å². The van der Waals surface area contributed by atoms with Crippen LogP contribution in [0, 0.1) is 0 Å². The van der Waals surface area contributed by atoms with Gasteiger partial charge in [-0.15, -0.1) is 0 Å². The summed E-state index contributed by atoms with van der Waals surface area (Å²) in [7, 11) is 0. The lowest BCUT2D eigenvalue weighted by Gasteiger charge is -2.07. The van der Waals surface area contributed by atoms with Gasteiger partial charge in [-0.1, -0.05) is 167 Å². The van der Waals surface area contributed by atoms with E-state index >= 15 is 0 Å². The molecule has 0 aliphatic carbocycles. The Kier molecular flexibility index (Phi) is 32.8. The zero-order valence-electron chi connectivity index (χ0n) is 32.0. The van der Waals surface area contributed by atoms with Gasteiger partial charge in [0.05, 0.1) is 0 Å². The van der Waals surface area contributed by atoms with Gasteiger partial charge in [0.1, 0.15) is 5.75 Å². The summed E-state index contributed by atoms with van der Waals surface area (Å²) in [6, 6.07) is 6.40. The molecule has 0 aliphatic rings. The molecule has 3 N–H and O–H groups in total. The van der Waals surface area contributed by atoms with Crippen LogP contribution in [0.25, 0.3) is 0 Å². The van der Waals surface area contributed by atoms with Crippen LogP contribution in [0.5, 0.6) is 5.75 Å². The number of carbonyl (C=O) groups is 2. The molecule has 0 aromatic heterocycles. The number of carbonyl (C=O) groups excluding carboxylic acids is 2. The molecule has 2 amide bonds. The van der Waals surface area contributed by atoms with E-state index in [0.717, 1.165) is 26.1 Å². The van der Waals surface area contributed by atoms with Gasteiger partial charge in [0.25, 0.3) is 0 Å². The van der Waals surface area contributed by atoms with E-state index in [0.29, 0.717) is 31.5 Å². The number of nitrogens with one attached hydrogen (secondary N) is 2. The maximum atomic E-state index is 12.0. The highest BCUT2D eigenvalue weighted by Gasteiger charge is 2.05. The lowest BCUT2D eigenvalue weighted by Crippen LogP contribution is -2.25. The summed E-state index contributed by atoms with van der Waals surface area (Å²) >= 11 is 0. The predicted octanol–water partition coefficient (Wildman–Crippen LogP) is 12.6. The Morgan fingerprint density at radius 2 is 0.857 bits per heavy atom. The van der Waals surface area contributed by atoms with Crippen molar-refractivity contribution in [3.05, 3.63) is 24.3 Å². The number of ether oxygens (including phenoxy) is 1. The first-order chi connectivity index (χ1) is 24.1. The fourth-order valence-electron chi connectivity index (χ4n) is 6.45. The molecule has 0 fully saturated rings. The quantitative estimate of drug-likeness (QED) is 0.0480. The van der Waals surface area contributed by atoms with Crippen molar-refractivity contribution in [2.45, 2.75) is 206 Å². The van der Waals surface area contributed by atoms with E-state index in [2.05, 4.69) is 17.6 Å². The third-order valence-electron chi connectivity index (χ3n) is 9.64. The van der Waals surface area contributed by atoms with Crippen LogP contribution in [-0.2, 0) is 14.3 Å². The Labute approximate surface area is 302 Å². The Balaban J connectivity index is 1.68. The second kappa shape index (κ2) is 35.7. The second-order valence-electron chi connectivity index (χ2n) is 14.5. The Morgan fingerprint density at radius 1 is 0.490 bits per heavy atom. The van der Waals surface area contributed by atoms with Crippen molar-refractivity contribution in [1.29, 1.82) is 0 Å². The average Bonchev–Trinajstić information content (AvgIpc) is 3.10. The van der Waals surface area contributed by atoms with E-state index in [4.69, 9.17) is 4.74 Å². The van der Waals surface area contributed by atoms with Crippen LogP contribution in [0.2, 0.25) is 0 Å².